The standard InChI is InChI=1S/C13H23IO/c1-5-8-11(2)9-6-7-10-13(4,14)12(3)15/h7,10-11H,5-6,8-9H2,1-4H3/b10-7+/t11-,13-/m1/s1. The van der Waals surface area contributed by atoms with Gasteiger partial charge in [-0.05, 0) is 32.6 Å². The van der Waals surface area contributed by atoms with Crippen LogP contribution in [0.2, 0.25) is 0 Å². The van der Waals surface area contributed by atoms with Crippen LogP contribution in [0.1, 0.15) is 53.4 Å². The lowest BCUT2D eigenvalue weighted by molar-refractivity contribution is -0.117. The fourth-order valence-corrected chi connectivity index (χ4v) is 1.69. The molecule has 1 nitrogen and oxygen atoms in total. The summed E-state index contributed by atoms with van der Waals surface area (Å²) >= 11 is 2.20. The molecule has 0 aromatic rings. The summed E-state index contributed by atoms with van der Waals surface area (Å²) in [5.41, 5.74) is 0. The average molecular weight is 322 g/mol. The Balaban J connectivity index is 3.85. The van der Waals surface area contributed by atoms with E-state index in [1.807, 2.05) is 13.0 Å². The summed E-state index contributed by atoms with van der Waals surface area (Å²) in [4.78, 5) is 11.2. The monoisotopic (exact) mass is 322 g/mol. The van der Waals surface area contributed by atoms with Crippen LogP contribution in [0.4, 0.5) is 0 Å². The van der Waals surface area contributed by atoms with E-state index in [1.165, 1.54) is 19.3 Å². The van der Waals surface area contributed by atoms with Crippen LogP contribution in [0.25, 0.3) is 0 Å². The van der Waals surface area contributed by atoms with Crippen LogP contribution in [0.15, 0.2) is 12.2 Å². The zero-order valence-corrected chi connectivity index (χ0v) is 12.5. The molecular weight excluding hydrogens is 299 g/mol. The molecule has 0 aliphatic carbocycles. The fraction of sp³-hybridized carbons (Fsp3) is 0.769. The lowest BCUT2D eigenvalue weighted by Crippen LogP contribution is -2.21. The minimum Gasteiger partial charge on any atom is -0.298 e. The van der Waals surface area contributed by atoms with Crippen molar-refractivity contribution in [2.45, 2.75) is 56.8 Å². The number of allylic oxidation sites excluding steroid dienone is 2. The van der Waals surface area contributed by atoms with Gasteiger partial charge in [0.1, 0.15) is 5.78 Å². The van der Waals surface area contributed by atoms with Crippen molar-refractivity contribution in [1.29, 1.82) is 0 Å². The SMILES string of the molecule is CCC[C@@H](C)CC/C=C/[C@@](C)(I)C(C)=O. The van der Waals surface area contributed by atoms with Gasteiger partial charge in [0.05, 0.1) is 3.42 Å². The molecule has 0 rings (SSSR count). The van der Waals surface area contributed by atoms with Gasteiger partial charge in [-0.1, -0.05) is 61.4 Å². The molecule has 0 heterocycles. The van der Waals surface area contributed by atoms with E-state index in [4.69, 9.17) is 0 Å². The first kappa shape index (κ1) is 15.1. The summed E-state index contributed by atoms with van der Waals surface area (Å²) in [5.74, 6) is 1.03. The molecule has 0 saturated heterocycles. The second kappa shape index (κ2) is 7.42. The van der Waals surface area contributed by atoms with Gasteiger partial charge in [-0.2, -0.15) is 0 Å². The Bertz CT molecular complexity index is 219. The smallest absolute Gasteiger partial charge is 0.149 e. The Morgan fingerprint density at radius 3 is 2.53 bits per heavy atom. The molecule has 0 amide bonds. The van der Waals surface area contributed by atoms with Crippen LogP contribution in [-0.2, 0) is 4.79 Å². The maximum atomic E-state index is 11.2. The fourth-order valence-electron chi connectivity index (χ4n) is 1.44. The normalized spacial score (nSPS) is 17.7. The Kier molecular flexibility index (Phi) is 7.49. The highest BCUT2D eigenvalue weighted by Gasteiger charge is 2.21. The van der Waals surface area contributed by atoms with Crippen LogP contribution in [0, 0.1) is 5.92 Å². The molecule has 88 valence electrons. The van der Waals surface area contributed by atoms with Gasteiger partial charge in [0.15, 0.2) is 0 Å². The minimum atomic E-state index is -0.314. The number of ketones is 1. The number of hydrogen-bond acceptors (Lipinski definition) is 1. The zero-order chi connectivity index (χ0) is 11.9. The Labute approximate surface area is 108 Å². The van der Waals surface area contributed by atoms with Gasteiger partial charge in [0, 0.05) is 0 Å². The molecule has 2 atom stereocenters. The molecule has 0 aliphatic rings. The van der Waals surface area contributed by atoms with E-state index in [9.17, 15) is 4.79 Å². The second-order valence-electron chi connectivity index (χ2n) is 4.51. The molecule has 0 bridgehead atoms. The van der Waals surface area contributed by atoms with Crippen LogP contribution in [-0.4, -0.2) is 9.20 Å². The van der Waals surface area contributed by atoms with Crippen LogP contribution in [0.3, 0.4) is 0 Å². The highest BCUT2D eigenvalue weighted by atomic mass is 127. The second-order valence-corrected chi connectivity index (χ2v) is 6.75. The van der Waals surface area contributed by atoms with Crippen molar-refractivity contribution in [1.82, 2.24) is 0 Å². The number of carbonyl (C=O) groups is 1. The zero-order valence-electron chi connectivity index (χ0n) is 10.3. The Morgan fingerprint density at radius 1 is 1.47 bits per heavy atom. The number of carbonyl (C=O) groups excluding carboxylic acids is 1. The molecule has 0 aliphatic heterocycles. The summed E-state index contributed by atoms with van der Waals surface area (Å²) in [5, 5.41) is 0. The quantitative estimate of drug-likeness (QED) is 0.382. The Morgan fingerprint density at radius 2 is 2.07 bits per heavy atom. The molecular formula is C13H23IO. The van der Waals surface area contributed by atoms with Gasteiger partial charge in [-0.15, -0.1) is 0 Å². The van der Waals surface area contributed by atoms with Crippen LogP contribution in [0.5, 0.6) is 0 Å². The van der Waals surface area contributed by atoms with Gasteiger partial charge in [0.2, 0.25) is 0 Å². The van der Waals surface area contributed by atoms with E-state index in [2.05, 4.69) is 42.5 Å². The lowest BCUT2D eigenvalue weighted by atomic mass is 9.99. The first-order chi connectivity index (χ1) is 6.90. The van der Waals surface area contributed by atoms with E-state index in [0.29, 0.717) is 0 Å². The third-order valence-corrected chi connectivity index (χ3v) is 3.85. The highest BCUT2D eigenvalue weighted by Crippen LogP contribution is 2.22. The van der Waals surface area contributed by atoms with Gasteiger partial charge in [0.25, 0.3) is 0 Å². The van der Waals surface area contributed by atoms with Crippen LogP contribution >= 0.6 is 22.6 Å². The summed E-state index contributed by atoms with van der Waals surface area (Å²) in [6.45, 7) is 8.13. The van der Waals surface area contributed by atoms with Crippen molar-refractivity contribution in [2.75, 3.05) is 0 Å². The van der Waals surface area contributed by atoms with E-state index in [-0.39, 0.29) is 9.20 Å². The maximum Gasteiger partial charge on any atom is 0.149 e. The number of alkyl halides is 1. The molecule has 0 unspecified atom stereocenters. The largest absolute Gasteiger partial charge is 0.298 e. The number of hydrogen-bond donors (Lipinski definition) is 0. The van der Waals surface area contributed by atoms with Gasteiger partial charge in [-0.3, -0.25) is 4.79 Å². The molecule has 0 saturated carbocycles. The van der Waals surface area contributed by atoms with Gasteiger partial charge >= 0.3 is 0 Å². The Hall–Kier alpha value is 0.140. The topological polar surface area (TPSA) is 17.1 Å². The van der Waals surface area contributed by atoms with E-state index in [0.717, 1.165) is 12.3 Å². The number of halogens is 1. The van der Waals surface area contributed by atoms with Crippen molar-refractivity contribution in [3.63, 3.8) is 0 Å². The molecule has 0 aromatic carbocycles. The molecule has 0 fully saturated rings. The summed E-state index contributed by atoms with van der Waals surface area (Å²) in [6.07, 6.45) is 9.08. The molecule has 0 aromatic heterocycles. The van der Waals surface area contributed by atoms with E-state index in [1.54, 1.807) is 6.92 Å². The number of rotatable bonds is 7. The van der Waals surface area contributed by atoms with Crippen molar-refractivity contribution >= 4 is 28.4 Å². The first-order valence-electron chi connectivity index (χ1n) is 5.77. The van der Waals surface area contributed by atoms with E-state index >= 15 is 0 Å². The van der Waals surface area contributed by atoms with Crippen molar-refractivity contribution in [3.05, 3.63) is 12.2 Å². The number of Topliss-reactive ketones (excluding diaryl/α,β-unsaturated/α-hetero) is 1. The summed E-state index contributed by atoms with van der Waals surface area (Å²) < 4.78 is -0.314. The summed E-state index contributed by atoms with van der Waals surface area (Å²) in [6, 6.07) is 0. The predicted molar refractivity (Wildman–Crippen MR) is 75.6 cm³/mol. The third kappa shape index (κ3) is 7.09. The summed E-state index contributed by atoms with van der Waals surface area (Å²) in [7, 11) is 0. The predicted octanol–water partition coefficient (Wildman–Crippen LogP) is 4.54. The highest BCUT2D eigenvalue weighted by molar-refractivity contribution is 14.1. The maximum absolute atomic E-state index is 11.2. The minimum absolute atomic E-state index is 0.223. The van der Waals surface area contributed by atoms with E-state index < -0.39 is 0 Å². The third-order valence-electron chi connectivity index (χ3n) is 2.73. The van der Waals surface area contributed by atoms with Gasteiger partial charge in [-0.25, -0.2) is 0 Å². The molecule has 0 N–H and O–H groups in total. The van der Waals surface area contributed by atoms with Crippen LogP contribution < -0.4 is 0 Å². The van der Waals surface area contributed by atoms with Crippen molar-refractivity contribution in [3.8, 4) is 0 Å². The molecule has 15 heavy (non-hydrogen) atoms. The molecule has 0 spiro atoms. The lowest BCUT2D eigenvalue weighted by Gasteiger charge is -2.13. The molecule has 2 heteroatoms. The van der Waals surface area contributed by atoms with Gasteiger partial charge < -0.3 is 0 Å². The molecule has 0 radical (unpaired) electrons. The van der Waals surface area contributed by atoms with Crippen molar-refractivity contribution in [2.24, 2.45) is 5.92 Å². The van der Waals surface area contributed by atoms with Crippen molar-refractivity contribution < 1.29 is 4.79 Å². The first-order valence-corrected chi connectivity index (χ1v) is 6.85. The average Bonchev–Trinajstić information content (AvgIpc) is 2.13.